The van der Waals surface area contributed by atoms with Crippen LogP contribution in [0, 0.1) is 0 Å². The molecule has 0 aliphatic carbocycles. The Morgan fingerprint density at radius 3 is 2.55 bits per heavy atom. The van der Waals surface area contributed by atoms with Crippen LogP contribution in [0.5, 0.6) is 0 Å². The number of benzene rings is 2. The van der Waals surface area contributed by atoms with E-state index in [9.17, 15) is 28.0 Å². The van der Waals surface area contributed by atoms with E-state index in [-0.39, 0.29) is 36.3 Å². The van der Waals surface area contributed by atoms with Crippen LogP contribution in [0.2, 0.25) is 10.8 Å². The normalized spacial score (nSPS) is 20.5. The first-order valence-electron chi connectivity index (χ1n) is 10.3. The molecule has 2 heterocycles. The molecule has 4 rings (SSSR count). The molecule has 170 valence electrons. The van der Waals surface area contributed by atoms with E-state index in [0.29, 0.717) is 16.7 Å². The van der Waals surface area contributed by atoms with Crippen LogP contribution in [0.1, 0.15) is 33.5 Å². The second kappa shape index (κ2) is 8.59. The molecule has 0 spiro atoms. The van der Waals surface area contributed by atoms with E-state index in [1.54, 1.807) is 26.0 Å². The van der Waals surface area contributed by atoms with Crippen LogP contribution in [0.4, 0.5) is 8.78 Å². The Kier molecular flexibility index (Phi) is 5.96. The molecular formula is C22H19BClF2N3O4. The molecule has 2 N–H and O–H groups in total. The Labute approximate surface area is 193 Å². The van der Waals surface area contributed by atoms with Crippen molar-refractivity contribution in [3.63, 3.8) is 0 Å². The molecule has 2 aromatic carbocycles. The van der Waals surface area contributed by atoms with Crippen LogP contribution in [-0.4, -0.2) is 42.4 Å². The van der Waals surface area contributed by atoms with E-state index in [0.717, 1.165) is 12.1 Å². The molecule has 11 heteroatoms. The number of piperidine rings is 1. The van der Waals surface area contributed by atoms with E-state index in [1.807, 2.05) is 0 Å². The summed E-state index contributed by atoms with van der Waals surface area (Å²) in [4.78, 5) is 50.3. The molecule has 33 heavy (non-hydrogen) atoms. The molecule has 2 unspecified atom stereocenters. The van der Waals surface area contributed by atoms with Gasteiger partial charge in [0.05, 0.1) is 0 Å². The SMILES string of the molecule is BC1CC(N2Cc3cc(CNC(=O)C(F)(F)c4ccc(Cl)cc4)ccc3C2=O)C(=O)NC1=O. The first-order chi connectivity index (χ1) is 15.6. The van der Waals surface area contributed by atoms with Gasteiger partial charge in [-0.3, -0.25) is 24.5 Å². The van der Waals surface area contributed by atoms with Crippen molar-refractivity contribution in [3.8, 4) is 0 Å². The molecule has 2 aliphatic heterocycles. The molecule has 0 aromatic heterocycles. The second-order valence-corrected chi connectivity index (χ2v) is 8.63. The molecule has 2 aromatic rings. The summed E-state index contributed by atoms with van der Waals surface area (Å²) in [5, 5.41) is 4.79. The van der Waals surface area contributed by atoms with Gasteiger partial charge < -0.3 is 10.2 Å². The van der Waals surface area contributed by atoms with Gasteiger partial charge in [0.2, 0.25) is 11.8 Å². The summed E-state index contributed by atoms with van der Waals surface area (Å²) in [5.41, 5.74) is 1.07. The number of halogens is 3. The van der Waals surface area contributed by atoms with Gasteiger partial charge in [-0.25, -0.2) is 0 Å². The second-order valence-electron chi connectivity index (χ2n) is 8.19. The average Bonchev–Trinajstić information content (AvgIpc) is 3.10. The summed E-state index contributed by atoms with van der Waals surface area (Å²) in [7, 11) is 1.68. The number of hydrogen-bond donors (Lipinski definition) is 2. The van der Waals surface area contributed by atoms with Crippen LogP contribution in [0.15, 0.2) is 42.5 Å². The number of fused-ring (bicyclic) bond motifs is 1. The maximum atomic E-state index is 14.4. The molecule has 1 saturated heterocycles. The lowest BCUT2D eigenvalue weighted by atomic mass is 9.78. The van der Waals surface area contributed by atoms with Gasteiger partial charge in [0, 0.05) is 35.1 Å². The van der Waals surface area contributed by atoms with Crippen molar-refractivity contribution in [2.45, 2.75) is 37.3 Å². The van der Waals surface area contributed by atoms with Crippen molar-refractivity contribution < 1.29 is 28.0 Å². The number of hydrogen-bond acceptors (Lipinski definition) is 4. The molecule has 4 amide bonds. The number of rotatable bonds is 5. The fourth-order valence-electron chi connectivity index (χ4n) is 3.99. The molecule has 0 saturated carbocycles. The topological polar surface area (TPSA) is 95.6 Å². The molecule has 7 nitrogen and oxygen atoms in total. The summed E-state index contributed by atoms with van der Waals surface area (Å²) in [5.74, 6) is -6.82. The Hall–Kier alpha value is -3.27. The third-order valence-electron chi connectivity index (χ3n) is 5.90. The molecule has 2 atom stereocenters. The van der Waals surface area contributed by atoms with Crippen molar-refractivity contribution in [2.24, 2.45) is 0 Å². The van der Waals surface area contributed by atoms with Gasteiger partial charge in [-0.15, -0.1) is 0 Å². The zero-order chi connectivity index (χ0) is 23.9. The monoisotopic (exact) mass is 473 g/mol. The number of imide groups is 1. The van der Waals surface area contributed by atoms with E-state index in [1.165, 1.54) is 17.0 Å². The standard InChI is InChI=1S/C22H19BClF2N3O4/c23-16-8-17(19(31)28-18(16)30)29-10-12-7-11(1-6-15(12)20(29)32)9-27-21(33)22(25,26)13-2-4-14(24)5-3-13/h1-7,16-17H,8-10,23H2,(H,27,33)(H,28,30,31). The van der Waals surface area contributed by atoms with Crippen LogP contribution < -0.4 is 10.6 Å². The number of nitrogens with zero attached hydrogens (tertiary/aromatic N) is 1. The predicted octanol–water partition coefficient (Wildman–Crippen LogP) is 1.54. The lowest BCUT2D eigenvalue weighted by Crippen LogP contribution is -2.54. The highest BCUT2D eigenvalue weighted by atomic mass is 35.5. The summed E-state index contributed by atoms with van der Waals surface area (Å²) < 4.78 is 28.9. The molecular weight excluding hydrogens is 455 g/mol. The predicted molar refractivity (Wildman–Crippen MR) is 117 cm³/mol. The average molecular weight is 474 g/mol. The fourth-order valence-corrected chi connectivity index (χ4v) is 4.11. The maximum absolute atomic E-state index is 14.4. The van der Waals surface area contributed by atoms with Crippen molar-refractivity contribution in [3.05, 3.63) is 69.7 Å². The minimum Gasteiger partial charge on any atom is -0.346 e. The summed E-state index contributed by atoms with van der Waals surface area (Å²) >= 11 is 5.71. The lowest BCUT2D eigenvalue weighted by Gasteiger charge is -2.32. The maximum Gasteiger partial charge on any atom is 0.349 e. The van der Waals surface area contributed by atoms with E-state index in [4.69, 9.17) is 11.6 Å². The smallest absolute Gasteiger partial charge is 0.346 e. The highest BCUT2D eigenvalue weighted by Crippen LogP contribution is 2.31. The fraction of sp³-hybridized carbons (Fsp3) is 0.273. The molecule has 0 bridgehead atoms. The third-order valence-corrected chi connectivity index (χ3v) is 6.15. The van der Waals surface area contributed by atoms with Crippen LogP contribution in [0.3, 0.4) is 0 Å². The Morgan fingerprint density at radius 1 is 1.15 bits per heavy atom. The summed E-state index contributed by atoms with van der Waals surface area (Å²) in [6.45, 7) is -0.0190. The summed E-state index contributed by atoms with van der Waals surface area (Å²) in [6.07, 6.45) is 0.229. The minimum absolute atomic E-state index is 0.149. The Morgan fingerprint density at radius 2 is 1.85 bits per heavy atom. The van der Waals surface area contributed by atoms with Crippen LogP contribution >= 0.6 is 11.6 Å². The molecule has 1 fully saturated rings. The van der Waals surface area contributed by atoms with Crippen LogP contribution in [0.25, 0.3) is 0 Å². The first-order valence-corrected chi connectivity index (χ1v) is 10.7. The largest absolute Gasteiger partial charge is 0.349 e. The van der Waals surface area contributed by atoms with Crippen molar-refractivity contribution in [1.82, 2.24) is 15.5 Å². The van der Waals surface area contributed by atoms with E-state index in [2.05, 4.69) is 10.6 Å². The quantitative estimate of drug-likeness (QED) is 0.509. The van der Waals surface area contributed by atoms with Gasteiger partial charge in [-0.05, 0) is 35.7 Å². The first kappa shape index (κ1) is 22.9. The zero-order valence-corrected chi connectivity index (χ0v) is 18.3. The number of carbonyl (C=O) groups excluding carboxylic acids is 4. The zero-order valence-electron chi connectivity index (χ0n) is 17.5. The highest BCUT2D eigenvalue weighted by molar-refractivity contribution is 6.30. The number of alkyl halides is 2. The molecule has 2 aliphatic rings. The summed E-state index contributed by atoms with van der Waals surface area (Å²) in [6, 6.07) is 8.73. The van der Waals surface area contributed by atoms with Gasteiger partial charge >= 0.3 is 5.92 Å². The van der Waals surface area contributed by atoms with Gasteiger partial charge in [-0.2, -0.15) is 8.78 Å². The Balaban J connectivity index is 1.44. The van der Waals surface area contributed by atoms with Gasteiger partial charge in [0.15, 0.2) is 0 Å². The van der Waals surface area contributed by atoms with E-state index < -0.39 is 35.2 Å². The third kappa shape index (κ3) is 4.35. The number of nitrogens with one attached hydrogen (secondary N) is 2. The van der Waals surface area contributed by atoms with Crippen molar-refractivity contribution >= 4 is 43.1 Å². The lowest BCUT2D eigenvalue weighted by molar-refractivity contribution is -0.147. The van der Waals surface area contributed by atoms with Gasteiger partial charge in [0.25, 0.3) is 11.8 Å². The van der Waals surface area contributed by atoms with Crippen molar-refractivity contribution in [1.29, 1.82) is 0 Å². The number of amides is 4. The minimum atomic E-state index is -3.74. The Bertz CT molecular complexity index is 1160. The number of carbonyl (C=O) groups is 4. The van der Waals surface area contributed by atoms with Crippen LogP contribution in [-0.2, 0) is 33.4 Å². The van der Waals surface area contributed by atoms with E-state index >= 15 is 0 Å². The van der Waals surface area contributed by atoms with Crippen molar-refractivity contribution in [2.75, 3.05) is 0 Å². The highest BCUT2D eigenvalue weighted by Gasteiger charge is 2.42. The van der Waals surface area contributed by atoms with Gasteiger partial charge in [0.1, 0.15) is 13.9 Å². The van der Waals surface area contributed by atoms with Gasteiger partial charge in [-0.1, -0.05) is 35.9 Å². The molecule has 0 radical (unpaired) electrons.